The van der Waals surface area contributed by atoms with Crippen LogP contribution in [0.3, 0.4) is 0 Å². The SMILES string of the molecule is CCCCC/C=C\C/C=C\C(CCCCCCC(=O)NCC(=O)NC(CO)C(=O)O)OC(=O)CCCCCCCCCCCCC. The van der Waals surface area contributed by atoms with Crippen molar-refractivity contribution in [3.63, 3.8) is 0 Å². The standard InChI is InChI=1S/C37H66N2O7/c1-3-5-7-9-11-13-14-15-17-19-25-29-36(43)46-32(26-22-18-16-12-10-8-6-4-2)27-23-20-21-24-28-34(41)38-30-35(42)39-33(31-40)37(44)45/h12,16,22,26,32-33,40H,3-11,13-15,17-21,23-25,27-31H2,1-2H3,(H,38,41)(H,39,42)(H,44,45)/b16-12-,26-22-. The Kier molecular flexibility index (Phi) is 30.4. The highest BCUT2D eigenvalue weighted by Crippen LogP contribution is 2.15. The molecule has 266 valence electrons. The number of nitrogens with one attached hydrogen (secondary N) is 2. The Morgan fingerprint density at radius 1 is 0.674 bits per heavy atom. The number of unbranched alkanes of at least 4 members (excludes halogenated alkanes) is 16. The molecule has 9 nitrogen and oxygen atoms in total. The summed E-state index contributed by atoms with van der Waals surface area (Å²) < 4.78 is 5.85. The van der Waals surface area contributed by atoms with Gasteiger partial charge in [0, 0.05) is 12.8 Å². The summed E-state index contributed by atoms with van der Waals surface area (Å²) in [6.07, 6.45) is 32.2. The van der Waals surface area contributed by atoms with Crippen LogP contribution in [0.2, 0.25) is 0 Å². The fraction of sp³-hybridized carbons (Fsp3) is 0.784. The summed E-state index contributed by atoms with van der Waals surface area (Å²) in [7, 11) is 0. The van der Waals surface area contributed by atoms with E-state index >= 15 is 0 Å². The first-order valence-electron chi connectivity index (χ1n) is 18.2. The number of carbonyl (C=O) groups excluding carboxylic acids is 3. The number of aliphatic carboxylic acids is 1. The number of ether oxygens (including phenoxy) is 1. The highest BCUT2D eigenvalue weighted by Gasteiger charge is 2.18. The molecule has 2 amide bonds. The quantitative estimate of drug-likeness (QED) is 0.0332. The number of aliphatic hydroxyl groups excluding tert-OH is 1. The molecule has 0 rings (SSSR count). The third kappa shape index (κ3) is 28.8. The summed E-state index contributed by atoms with van der Waals surface area (Å²) >= 11 is 0. The largest absolute Gasteiger partial charge is 0.480 e. The van der Waals surface area contributed by atoms with Gasteiger partial charge in [0.25, 0.3) is 0 Å². The molecular weight excluding hydrogens is 584 g/mol. The van der Waals surface area contributed by atoms with Crippen molar-refractivity contribution in [2.24, 2.45) is 0 Å². The molecule has 4 N–H and O–H groups in total. The second-order valence-electron chi connectivity index (χ2n) is 12.3. The molecule has 0 aliphatic carbocycles. The summed E-state index contributed by atoms with van der Waals surface area (Å²) in [5.41, 5.74) is 0. The van der Waals surface area contributed by atoms with Crippen molar-refractivity contribution < 1.29 is 34.1 Å². The van der Waals surface area contributed by atoms with Crippen molar-refractivity contribution in [3.05, 3.63) is 24.3 Å². The van der Waals surface area contributed by atoms with Crippen LogP contribution in [0.25, 0.3) is 0 Å². The number of carbonyl (C=O) groups is 4. The maximum Gasteiger partial charge on any atom is 0.328 e. The van der Waals surface area contributed by atoms with E-state index in [-0.39, 0.29) is 30.9 Å². The van der Waals surface area contributed by atoms with E-state index < -0.39 is 24.5 Å². The van der Waals surface area contributed by atoms with E-state index in [0.29, 0.717) is 12.8 Å². The molecule has 0 aromatic rings. The molecule has 0 fully saturated rings. The molecule has 0 spiro atoms. The maximum atomic E-state index is 12.6. The fourth-order valence-corrected chi connectivity index (χ4v) is 5.07. The molecule has 0 heterocycles. The minimum Gasteiger partial charge on any atom is -0.480 e. The number of rotatable bonds is 32. The molecule has 46 heavy (non-hydrogen) atoms. The minimum atomic E-state index is -1.39. The van der Waals surface area contributed by atoms with Gasteiger partial charge in [0.05, 0.1) is 13.2 Å². The van der Waals surface area contributed by atoms with E-state index in [2.05, 4.69) is 42.7 Å². The second kappa shape index (κ2) is 32.3. The van der Waals surface area contributed by atoms with Crippen molar-refractivity contribution in [1.82, 2.24) is 10.6 Å². The zero-order valence-corrected chi connectivity index (χ0v) is 29.1. The molecule has 0 aliphatic rings. The molecule has 0 aromatic heterocycles. The van der Waals surface area contributed by atoms with Crippen LogP contribution in [0.5, 0.6) is 0 Å². The summed E-state index contributed by atoms with van der Waals surface area (Å²) in [5.74, 6) is -2.42. The summed E-state index contributed by atoms with van der Waals surface area (Å²) in [4.78, 5) is 47.2. The van der Waals surface area contributed by atoms with Crippen LogP contribution in [0.4, 0.5) is 0 Å². The summed E-state index contributed by atoms with van der Waals surface area (Å²) in [6, 6.07) is -1.39. The third-order valence-corrected chi connectivity index (χ3v) is 7.94. The van der Waals surface area contributed by atoms with Gasteiger partial charge in [0.2, 0.25) is 11.8 Å². The van der Waals surface area contributed by atoms with Gasteiger partial charge in [-0.05, 0) is 51.0 Å². The third-order valence-electron chi connectivity index (χ3n) is 7.94. The number of esters is 1. The Morgan fingerprint density at radius 2 is 1.24 bits per heavy atom. The van der Waals surface area contributed by atoms with E-state index in [1.165, 1.54) is 77.0 Å². The molecule has 0 aliphatic heterocycles. The number of allylic oxidation sites excluding steroid dienone is 3. The maximum absolute atomic E-state index is 12.6. The predicted octanol–water partition coefficient (Wildman–Crippen LogP) is 7.70. The lowest BCUT2D eigenvalue weighted by atomic mass is 10.1. The number of hydrogen-bond acceptors (Lipinski definition) is 6. The first kappa shape index (κ1) is 43.3. The highest BCUT2D eigenvalue weighted by molar-refractivity contribution is 5.87. The van der Waals surface area contributed by atoms with Gasteiger partial charge >= 0.3 is 11.9 Å². The monoisotopic (exact) mass is 650 g/mol. The van der Waals surface area contributed by atoms with Gasteiger partial charge in [-0.2, -0.15) is 0 Å². The van der Waals surface area contributed by atoms with E-state index in [0.717, 1.165) is 51.4 Å². The fourth-order valence-electron chi connectivity index (χ4n) is 5.07. The molecule has 0 aromatic carbocycles. The molecule has 9 heteroatoms. The first-order chi connectivity index (χ1) is 22.3. The Bertz CT molecular complexity index is 844. The zero-order chi connectivity index (χ0) is 34.1. The van der Waals surface area contributed by atoms with Gasteiger partial charge in [0.1, 0.15) is 12.1 Å². The Labute approximate surface area is 279 Å². The van der Waals surface area contributed by atoms with Crippen LogP contribution in [0.15, 0.2) is 24.3 Å². The smallest absolute Gasteiger partial charge is 0.328 e. The van der Waals surface area contributed by atoms with Gasteiger partial charge in [-0.15, -0.1) is 0 Å². The molecule has 2 atom stereocenters. The second-order valence-corrected chi connectivity index (χ2v) is 12.3. The number of hydrogen-bond donors (Lipinski definition) is 4. The number of carboxylic acids is 1. The Balaban J connectivity index is 4.36. The highest BCUT2D eigenvalue weighted by atomic mass is 16.5. The number of amides is 2. The molecule has 0 bridgehead atoms. The van der Waals surface area contributed by atoms with Crippen LogP contribution in [-0.2, 0) is 23.9 Å². The molecule has 0 saturated heterocycles. The van der Waals surface area contributed by atoms with Crippen molar-refractivity contribution in [2.45, 2.75) is 174 Å². The lowest BCUT2D eigenvalue weighted by Crippen LogP contribution is -2.47. The molecule has 2 unspecified atom stereocenters. The minimum absolute atomic E-state index is 0.130. The summed E-state index contributed by atoms with van der Waals surface area (Å²) in [5, 5.41) is 22.4. The van der Waals surface area contributed by atoms with E-state index in [1.807, 2.05) is 6.08 Å². The lowest BCUT2D eigenvalue weighted by molar-refractivity contribution is -0.147. The van der Waals surface area contributed by atoms with Gasteiger partial charge in [-0.1, -0.05) is 122 Å². The van der Waals surface area contributed by atoms with Crippen LogP contribution < -0.4 is 10.6 Å². The number of aliphatic hydroxyl groups is 1. The van der Waals surface area contributed by atoms with Crippen molar-refractivity contribution in [2.75, 3.05) is 13.2 Å². The normalized spacial score (nSPS) is 12.8. The van der Waals surface area contributed by atoms with Gasteiger partial charge < -0.3 is 25.6 Å². The van der Waals surface area contributed by atoms with Crippen LogP contribution in [0, 0.1) is 0 Å². The Morgan fingerprint density at radius 3 is 1.85 bits per heavy atom. The molecule has 0 saturated carbocycles. The van der Waals surface area contributed by atoms with Crippen molar-refractivity contribution in [3.8, 4) is 0 Å². The van der Waals surface area contributed by atoms with Crippen molar-refractivity contribution >= 4 is 23.8 Å². The van der Waals surface area contributed by atoms with Gasteiger partial charge in [-0.25, -0.2) is 4.79 Å². The van der Waals surface area contributed by atoms with E-state index in [9.17, 15) is 19.2 Å². The van der Waals surface area contributed by atoms with Gasteiger partial charge in [0.15, 0.2) is 0 Å². The summed E-state index contributed by atoms with van der Waals surface area (Å²) in [6.45, 7) is 3.39. The Hall–Kier alpha value is -2.68. The number of carboxylic acid groups (broad SMARTS) is 1. The van der Waals surface area contributed by atoms with E-state index in [1.54, 1.807) is 0 Å². The average molecular weight is 651 g/mol. The van der Waals surface area contributed by atoms with Gasteiger partial charge in [-0.3, -0.25) is 14.4 Å². The van der Waals surface area contributed by atoms with Crippen LogP contribution in [-0.4, -0.2) is 59.3 Å². The van der Waals surface area contributed by atoms with Crippen LogP contribution in [0.1, 0.15) is 162 Å². The van der Waals surface area contributed by atoms with Crippen LogP contribution >= 0.6 is 0 Å². The molecular formula is C37H66N2O7. The van der Waals surface area contributed by atoms with E-state index in [4.69, 9.17) is 14.9 Å². The average Bonchev–Trinajstić information content (AvgIpc) is 3.03. The molecule has 0 radical (unpaired) electrons. The first-order valence-corrected chi connectivity index (χ1v) is 18.2. The van der Waals surface area contributed by atoms with Crippen molar-refractivity contribution in [1.29, 1.82) is 0 Å². The topological polar surface area (TPSA) is 142 Å². The lowest BCUT2D eigenvalue weighted by Gasteiger charge is -2.15. The predicted molar refractivity (Wildman–Crippen MR) is 185 cm³/mol. The zero-order valence-electron chi connectivity index (χ0n) is 29.1.